The molecule has 0 atom stereocenters. The first-order valence-corrected chi connectivity index (χ1v) is 7.09. The molecule has 4 fully saturated rings. The maximum atomic E-state index is 11.9. The second-order valence-corrected chi connectivity index (χ2v) is 6.50. The van der Waals surface area contributed by atoms with Crippen molar-refractivity contribution in [2.75, 3.05) is 6.54 Å². The average molecular weight is 251 g/mol. The summed E-state index contributed by atoms with van der Waals surface area (Å²) in [6, 6.07) is 0. The van der Waals surface area contributed by atoms with E-state index in [4.69, 9.17) is 5.11 Å². The molecule has 0 radical (unpaired) electrons. The minimum absolute atomic E-state index is 0.126. The first kappa shape index (κ1) is 12.0. The quantitative estimate of drug-likeness (QED) is 0.762. The molecule has 4 aliphatic carbocycles. The SMILES string of the molecule is CCN(C(=O)C(=O)O)C12CC3CC(CC(C3)C1)C2. The summed E-state index contributed by atoms with van der Waals surface area (Å²) in [4.78, 5) is 24.6. The summed E-state index contributed by atoms with van der Waals surface area (Å²) in [5.74, 6) is 0.192. The Hall–Kier alpha value is -1.06. The predicted molar refractivity (Wildman–Crippen MR) is 65.9 cm³/mol. The fourth-order valence-electron chi connectivity index (χ4n) is 5.21. The van der Waals surface area contributed by atoms with Crippen LogP contribution in [0.25, 0.3) is 0 Å². The molecule has 4 saturated carbocycles. The monoisotopic (exact) mass is 251 g/mol. The maximum Gasteiger partial charge on any atom is 0.394 e. The largest absolute Gasteiger partial charge is 0.474 e. The molecule has 4 nitrogen and oxygen atoms in total. The number of likely N-dealkylation sites (N-methyl/N-ethyl adjacent to an activating group) is 1. The average Bonchev–Trinajstić information content (AvgIpc) is 2.27. The van der Waals surface area contributed by atoms with Gasteiger partial charge in [-0.2, -0.15) is 0 Å². The molecule has 0 aromatic heterocycles. The van der Waals surface area contributed by atoms with E-state index in [1.807, 2.05) is 6.92 Å². The molecule has 1 amide bonds. The zero-order valence-corrected chi connectivity index (χ0v) is 10.9. The summed E-state index contributed by atoms with van der Waals surface area (Å²) in [7, 11) is 0. The number of aliphatic carboxylic acids is 1. The summed E-state index contributed by atoms with van der Waals surface area (Å²) < 4.78 is 0. The number of rotatable bonds is 2. The smallest absolute Gasteiger partial charge is 0.394 e. The Morgan fingerprint density at radius 3 is 1.89 bits per heavy atom. The number of carbonyl (C=O) groups excluding carboxylic acids is 1. The molecule has 0 aromatic carbocycles. The highest BCUT2D eigenvalue weighted by molar-refractivity contribution is 6.31. The molecule has 0 aromatic rings. The molecule has 4 bridgehead atoms. The Morgan fingerprint density at radius 1 is 1.11 bits per heavy atom. The fourth-order valence-corrected chi connectivity index (χ4v) is 5.21. The van der Waals surface area contributed by atoms with E-state index < -0.39 is 11.9 Å². The summed E-state index contributed by atoms with van der Waals surface area (Å²) in [6.07, 6.45) is 7.01. The number of carboxylic acid groups (broad SMARTS) is 1. The number of carbonyl (C=O) groups is 2. The first-order valence-electron chi connectivity index (χ1n) is 7.09. The van der Waals surface area contributed by atoms with Gasteiger partial charge in [0.2, 0.25) is 0 Å². The third kappa shape index (κ3) is 1.65. The topological polar surface area (TPSA) is 57.6 Å². The van der Waals surface area contributed by atoms with Crippen molar-refractivity contribution in [2.45, 2.75) is 51.0 Å². The van der Waals surface area contributed by atoms with Gasteiger partial charge in [-0.05, 0) is 63.2 Å². The van der Waals surface area contributed by atoms with E-state index in [1.165, 1.54) is 19.3 Å². The van der Waals surface area contributed by atoms with Crippen LogP contribution in [0.5, 0.6) is 0 Å². The maximum absolute atomic E-state index is 11.9. The molecular weight excluding hydrogens is 230 g/mol. The summed E-state index contributed by atoms with van der Waals surface area (Å²) in [5, 5.41) is 8.99. The Balaban J connectivity index is 1.89. The van der Waals surface area contributed by atoms with Crippen molar-refractivity contribution < 1.29 is 14.7 Å². The number of hydrogen-bond acceptors (Lipinski definition) is 2. The van der Waals surface area contributed by atoms with Gasteiger partial charge in [-0.25, -0.2) is 4.79 Å². The van der Waals surface area contributed by atoms with Crippen molar-refractivity contribution in [3.05, 3.63) is 0 Å². The lowest BCUT2D eigenvalue weighted by Gasteiger charge is -2.60. The van der Waals surface area contributed by atoms with Crippen LogP contribution < -0.4 is 0 Å². The van der Waals surface area contributed by atoms with Crippen LogP contribution >= 0.6 is 0 Å². The van der Waals surface area contributed by atoms with Gasteiger partial charge in [-0.15, -0.1) is 0 Å². The minimum Gasteiger partial charge on any atom is -0.474 e. The van der Waals surface area contributed by atoms with Crippen LogP contribution in [0.4, 0.5) is 0 Å². The van der Waals surface area contributed by atoms with Crippen LogP contribution in [0.1, 0.15) is 45.4 Å². The first-order chi connectivity index (χ1) is 8.54. The molecule has 0 aliphatic heterocycles. The van der Waals surface area contributed by atoms with Crippen molar-refractivity contribution in [1.29, 1.82) is 0 Å². The second kappa shape index (κ2) is 3.97. The predicted octanol–water partition coefficient (Wildman–Crippen LogP) is 1.89. The standard InChI is InChI=1S/C14H21NO3/c1-2-15(12(16)13(17)18)14-6-9-3-10(7-14)5-11(4-9)8-14/h9-11H,2-8H2,1H3,(H,17,18). The highest BCUT2D eigenvalue weighted by Gasteiger charge is 2.54. The van der Waals surface area contributed by atoms with Crippen molar-refractivity contribution in [3.8, 4) is 0 Å². The third-order valence-electron chi connectivity index (χ3n) is 5.32. The highest BCUT2D eigenvalue weighted by Crippen LogP contribution is 2.57. The van der Waals surface area contributed by atoms with E-state index in [2.05, 4.69) is 0 Å². The molecule has 1 N–H and O–H groups in total. The Bertz CT molecular complexity index is 355. The van der Waals surface area contributed by atoms with Gasteiger partial charge in [0.15, 0.2) is 0 Å². The van der Waals surface area contributed by atoms with Crippen LogP contribution in [-0.2, 0) is 9.59 Å². The van der Waals surface area contributed by atoms with Crippen molar-refractivity contribution >= 4 is 11.9 Å². The third-order valence-corrected chi connectivity index (χ3v) is 5.32. The van der Waals surface area contributed by atoms with Gasteiger partial charge in [-0.1, -0.05) is 0 Å². The summed E-state index contributed by atoms with van der Waals surface area (Å²) >= 11 is 0. The van der Waals surface area contributed by atoms with Gasteiger partial charge in [0.05, 0.1) is 0 Å². The van der Waals surface area contributed by atoms with E-state index in [0.29, 0.717) is 6.54 Å². The number of hydrogen-bond donors (Lipinski definition) is 1. The molecule has 4 aliphatic rings. The molecule has 18 heavy (non-hydrogen) atoms. The van der Waals surface area contributed by atoms with Gasteiger partial charge < -0.3 is 10.0 Å². The molecule has 100 valence electrons. The van der Waals surface area contributed by atoms with Crippen molar-refractivity contribution in [1.82, 2.24) is 4.90 Å². The van der Waals surface area contributed by atoms with Crippen molar-refractivity contribution in [2.24, 2.45) is 17.8 Å². The lowest BCUT2D eigenvalue weighted by atomic mass is 9.52. The normalized spacial score (nSPS) is 40.8. The Morgan fingerprint density at radius 2 is 1.56 bits per heavy atom. The van der Waals surface area contributed by atoms with Crippen LogP contribution in [0.15, 0.2) is 0 Å². The number of nitrogens with zero attached hydrogens (tertiary/aromatic N) is 1. The Labute approximate surface area is 107 Å². The van der Waals surface area contributed by atoms with Gasteiger partial charge in [0.1, 0.15) is 0 Å². The van der Waals surface area contributed by atoms with E-state index in [9.17, 15) is 9.59 Å². The highest BCUT2D eigenvalue weighted by atomic mass is 16.4. The number of carboxylic acids is 1. The van der Waals surface area contributed by atoms with E-state index in [1.54, 1.807) is 4.90 Å². The van der Waals surface area contributed by atoms with E-state index in [-0.39, 0.29) is 5.54 Å². The second-order valence-electron chi connectivity index (χ2n) is 6.50. The zero-order valence-electron chi connectivity index (χ0n) is 10.9. The van der Waals surface area contributed by atoms with Crippen LogP contribution in [-0.4, -0.2) is 34.0 Å². The molecule has 4 heteroatoms. The summed E-state index contributed by atoms with van der Waals surface area (Å²) in [5.41, 5.74) is -0.126. The zero-order chi connectivity index (χ0) is 12.9. The van der Waals surface area contributed by atoms with E-state index >= 15 is 0 Å². The van der Waals surface area contributed by atoms with Gasteiger partial charge in [0, 0.05) is 12.1 Å². The lowest BCUT2D eigenvalue weighted by molar-refractivity contribution is -0.166. The summed E-state index contributed by atoms with van der Waals surface area (Å²) in [6.45, 7) is 2.43. The lowest BCUT2D eigenvalue weighted by Crippen LogP contribution is -2.62. The van der Waals surface area contributed by atoms with Gasteiger partial charge in [-0.3, -0.25) is 4.79 Å². The van der Waals surface area contributed by atoms with Crippen LogP contribution in [0.2, 0.25) is 0 Å². The Kier molecular flexibility index (Phi) is 2.65. The van der Waals surface area contributed by atoms with Gasteiger partial charge in [0.25, 0.3) is 0 Å². The molecule has 0 unspecified atom stereocenters. The molecule has 0 saturated heterocycles. The van der Waals surface area contributed by atoms with E-state index in [0.717, 1.165) is 37.0 Å². The minimum atomic E-state index is -1.30. The molecule has 4 rings (SSSR count). The number of amides is 1. The molecular formula is C14H21NO3. The van der Waals surface area contributed by atoms with Crippen LogP contribution in [0.3, 0.4) is 0 Å². The van der Waals surface area contributed by atoms with Gasteiger partial charge >= 0.3 is 11.9 Å². The molecule has 0 heterocycles. The fraction of sp³-hybridized carbons (Fsp3) is 0.857. The van der Waals surface area contributed by atoms with Crippen LogP contribution in [0, 0.1) is 17.8 Å². The van der Waals surface area contributed by atoms with Crippen molar-refractivity contribution in [3.63, 3.8) is 0 Å². The molecule has 0 spiro atoms.